The average molecular weight is 183 g/mol. The molecule has 0 radical (unpaired) electrons. The fourth-order valence-electron chi connectivity index (χ4n) is 0.714. The van der Waals surface area contributed by atoms with E-state index >= 15 is 0 Å². The van der Waals surface area contributed by atoms with Gasteiger partial charge in [-0.05, 0) is 0 Å². The summed E-state index contributed by atoms with van der Waals surface area (Å²) in [6.07, 6.45) is 3.48. The molecule has 9 heavy (non-hydrogen) atoms. The van der Waals surface area contributed by atoms with Gasteiger partial charge in [-0.2, -0.15) is 0 Å². The Labute approximate surface area is 58.3 Å². The number of rotatable bonds is 0. The summed E-state index contributed by atoms with van der Waals surface area (Å²) < 4.78 is 1.30. The number of nitrogens with zero attached hydrogens (tertiary/aromatic N) is 2. The Balaban J connectivity index is 2.95. The van der Waals surface area contributed by atoms with Crippen LogP contribution in [0, 0.1) is 0 Å². The Morgan fingerprint density at radius 3 is 3.33 bits per heavy atom. The summed E-state index contributed by atoms with van der Waals surface area (Å²) in [5.74, 6) is 0. The van der Waals surface area contributed by atoms with Crippen LogP contribution in [0.5, 0.6) is 0 Å². The molecule has 2 aromatic heterocycles. The molecule has 0 aromatic carbocycles. The molecule has 0 aliphatic carbocycles. The second kappa shape index (κ2) is 1.94. The summed E-state index contributed by atoms with van der Waals surface area (Å²) >= 11 is 0.497. The minimum absolute atomic E-state index is 0.497. The Morgan fingerprint density at radius 1 is 1.44 bits per heavy atom. The van der Waals surface area contributed by atoms with E-state index in [-0.39, 0.29) is 0 Å². The molecule has 0 bridgehead atoms. The molecule has 0 atom stereocenters. The van der Waals surface area contributed by atoms with Crippen molar-refractivity contribution in [3.8, 4) is 0 Å². The zero-order valence-electron chi connectivity index (χ0n) is 4.61. The van der Waals surface area contributed by atoms with Gasteiger partial charge in [0.1, 0.15) is 0 Å². The molecule has 0 saturated heterocycles. The third-order valence-corrected chi connectivity index (χ3v) is 2.89. The van der Waals surface area contributed by atoms with Crippen molar-refractivity contribution >= 4 is 24.3 Å². The van der Waals surface area contributed by atoms with Crippen LogP contribution < -0.4 is 0 Å². The molecule has 0 aliphatic heterocycles. The molecular formula is C6H4N2Se. The van der Waals surface area contributed by atoms with Gasteiger partial charge in [0.2, 0.25) is 0 Å². The first-order chi connectivity index (χ1) is 4.47. The molecule has 0 N–H and O–H groups in total. The first-order valence-electron chi connectivity index (χ1n) is 2.60. The third-order valence-electron chi connectivity index (χ3n) is 1.13. The second-order valence-electron chi connectivity index (χ2n) is 1.69. The quantitative estimate of drug-likeness (QED) is 0.561. The molecule has 0 unspecified atom stereocenters. The summed E-state index contributed by atoms with van der Waals surface area (Å²) in [6.45, 7) is 0. The van der Waals surface area contributed by atoms with Crippen molar-refractivity contribution in [1.82, 2.24) is 9.97 Å². The van der Waals surface area contributed by atoms with Gasteiger partial charge in [0.15, 0.2) is 0 Å². The molecule has 44 valence electrons. The second-order valence-corrected chi connectivity index (χ2v) is 3.68. The van der Waals surface area contributed by atoms with E-state index in [9.17, 15) is 0 Å². The van der Waals surface area contributed by atoms with Gasteiger partial charge in [-0.3, -0.25) is 0 Å². The number of hydrogen-bond acceptors (Lipinski definition) is 2. The van der Waals surface area contributed by atoms with Crippen LogP contribution in [0.1, 0.15) is 0 Å². The molecule has 0 saturated carbocycles. The summed E-state index contributed by atoms with van der Waals surface area (Å²) in [4.78, 5) is 10.2. The molecular weight excluding hydrogens is 179 g/mol. The topological polar surface area (TPSA) is 25.8 Å². The van der Waals surface area contributed by atoms with Crippen LogP contribution in [0.2, 0.25) is 0 Å². The zero-order chi connectivity index (χ0) is 6.10. The molecule has 0 fully saturated rings. The van der Waals surface area contributed by atoms with Crippen molar-refractivity contribution in [3.05, 3.63) is 23.5 Å². The number of hydrogen-bond donors (Lipinski definition) is 0. The van der Waals surface area contributed by atoms with Crippen LogP contribution in [0.4, 0.5) is 0 Å². The Bertz CT molecular complexity index is 285. The number of fused-ring (bicyclic) bond motifs is 1. The van der Waals surface area contributed by atoms with Crippen LogP contribution in [-0.2, 0) is 0 Å². The SMILES string of the molecule is c1ncc2[se]ccc2n1. The van der Waals surface area contributed by atoms with E-state index in [0.717, 1.165) is 5.52 Å². The first kappa shape index (κ1) is 5.15. The van der Waals surface area contributed by atoms with Crippen LogP contribution in [0.3, 0.4) is 0 Å². The van der Waals surface area contributed by atoms with Crippen LogP contribution >= 0.6 is 0 Å². The predicted octanol–water partition coefficient (Wildman–Crippen LogP) is 0.687. The summed E-state index contributed by atoms with van der Waals surface area (Å²) in [6, 6.07) is 2.05. The van der Waals surface area contributed by atoms with Gasteiger partial charge < -0.3 is 0 Å². The van der Waals surface area contributed by atoms with Crippen LogP contribution in [0.25, 0.3) is 9.78 Å². The van der Waals surface area contributed by atoms with Crippen molar-refractivity contribution in [1.29, 1.82) is 0 Å². The molecule has 2 heterocycles. The Hall–Kier alpha value is -0.661. The monoisotopic (exact) mass is 184 g/mol. The van der Waals surface area contributed by atoms with Crippen LogP contribution in [0.15, 0.2) is 23.5 Å². The molecule has 2 nitrogen and oxygen atoms in total. The fraction of sp³-hybridized carbons (Fsp3) is 0. The molecule has 0 aliphatic rings. The predicted molar refractivity (Wildman–Crippen MR) is 36.5 cm³/mol. The van der Waals surface area contributed by atoms with Gasteiger partial charge in [-0.25, -0.2) is 0 Å². The summed E-state index contributed by atoms with van der Waals surface area (Å²) in [5, 5.41) is 0. The van der Waals surface area contributed by atoms with Crippen LogP contribution in [-0.4, -0.2) is 24.5 Å². The van der Waals surface area contributed by atoms with E-state index in [1.54, 1.807) is 6.33 Å². The van der Waals surface area contributed by atoms with Crippen molar-refractivity contribution in [2.75, 3.05) is 0 Å². The van der Waals surface area contributed by atoms with E-state index < -0.39 is 0 Å². The van der Waals surface area contributed by atoms with Crippen molar-refractivity contribution in [3.63, 3.8) is 0 Å². The molecule has 3 heteroatoms. The van der Waals surface area contributed by atoms with E-state index in [0.29, 0.717) is 14.5 Å². The average Bonchev–Trinajstić information content (AvgIpc) is 2.33. The third kappa shape index (κ3) is 0.784. The molecule has 2 aromatic rings. The van der Waals surface area contributed by atoms with E-state index in [1.165, 1.54) is 4.26 Å². The van der Waals surface area contributed by atoms with Gasteiger partial charge in [0.25, 0.3) is 0 Å². The number of aromatic nitrogens is 2. The molecule has 0 amide bonds. The van der Waals surface area contributed by atoms with Gasteiger partial charge in [-0.1, -0.05) is 0 Å². The maximum absolute atomic E-state index is 4.08. The molecule has 0 spiro atoms. The standard InChI is InChI=1S/C6H4N2Se/c1-2-9-6-3-7-4-8-5(1)6/h1-4H. The van der Waals surface area contributed by atoms with Gasteiger partial charge >= 0.3 is 57.8 Å². The fourth-order valence-corrected chi connectivity index (χ4v) is 2.20. The Morgan fingerprint density at radius 2 is 2.44 bits per heavy atom. The minimum atomic E-state index is 0.497. The normalized spacial score (nSPS) is 10.2. The first-order valence-corrected chi connectivity index (χ1v) is 4.44. The van der Waals surface area contributed by atoms with E-state index in [4.69, 9.17) is 0 Å². The van der Waals surface area contributed by atoms with Gasteiger partial charge in [0, 0.05) is 0 Å². The Kier molecular flexibility index (Phi) is 1.11. The van der Waals surface area contributed by atoms with Gasteiger partial charge in [-0.15, -0.1) is 0 Å². The van der Waals surface area contributed by atoms with E-state index in [1.807, 2.05) is 6.20 Å². The maximum atomic E-state index is 4.08. The van der Waals surface area contributed by atoms with Gasteiger partial charge in [0.05, 0.1) is 0 Å². The van der Waals surface area contributed by atoms with Crippen molar-refractivity contribution < 1.29 is 0 Å². The van der Waals surface area contributed by atoms with Crippen molar-refractivity contribution in [2.24, 2.45) is 0 Å². The van der Waals surface area contributed by atoms with Crippen molar-refractivity contribution in [2.45, 2.75) is 0 Å². The van der Waals surface area contributed by atoms with E-state index in [2.05, 4.69) is 21.0 Å². The zero-order valence-corrected chi connectivity index (χ0v) is 6.33. The molecule has 2 rings (SSSR count). The summed E-state index contributed by atoms with van der Waals surface area (Å²) in [5.41, 5.74) is 1.10. The summed E-state index contributed by atoms with van der Waals surface area (Å²) in [7, 11) is 0.